The summed E-state index contributed by atoms with van der Waals surface area (Å²) in [6.45, 7) is 8.57. The van der Waals surface area contributed by atoms with Crippen LogP contribution in [0.3, 0.4) is 0 Å². The van der Waals surface area contributed by atoms with Crippen LogP contribution in [0.25, 0.3) is 11.1 Å². The van der Waals surface area contributed by atoms with Gasteiger partial charge in [-0.3, -0.25) is 10.1 Å². The number of benzene rings is 2. The standard InChI is InChI=1S/C32H40N4O6/c1-6-23-13-10-14-25(19-23)26-20-27(35-31(39)42-32(2,3)4)28(34-21-26)29(37)36(5)16-18-40-17-15-33-30(38)41-22-24-11-8-7-9-12-24/h7-14,19-21H,6,15-18,22H2,1-5H3,(H,33,38)(H,35,39). The highest BCUT2D eigenvalue weighted by molar-refractivity contribution is 6.01. The van der Waals surface area contributed by atoms with Gasteiger partial charge in [-0.15, -0.1) is 0 Å². The minimum Gasteiger partial charge on any atom is -0.445 e. The van der Waals surface area contributed by atoms with Crippen LogP contribution < -0.4 is 10.6 Å². The molecule has 0 spiro atoms. The first-order valence-corrected chi connectivity index (χ1v) is 13.9. The number of alkyl carbamates (subject to hydrolysis) is 1. The summed E-state index contributed by atoms with van der Waals surface area (Å²) in [5.74, 6) is -0.388. The topological polar surface area (TPSA) is 119 Å². The number of pyridine rings is 1. The Hall–Kier alpha value is -4.44. The number of aryl methyl sites for hydroxylation is 1. The number of rotatable bonds is 12. The Bertz CT molecular complexity index is 1340. The van der Waals surface area contributed by atoms with E-state index in [4.69, 9.17) is 14.2 Å². The molecule has 0 atom stereocenters. The largest absolute Gasteiger partial charge is 0.445 e. The Balaban J connectivity index is 1.56. The number of nitrogens with one attached hydrogen (secondary N) is 2. The Morgan fingerprint density at radius 3 is 2.36 bits per heavy atom. The van der Waals surface area contributed by atoms with Gasteiger partial charge in [-0.25, -0.2) is 14.6 Å². The van der Waals surface area contributed by atoms with Gasteiger partial charge in [0.1, 0.15) is 12.2 Å². The number of ether oxygens (including phenoxy) is 3. The number of amides is 3. The summed E-state index contributed by atoms with van der Waals surface area (Å²) >= 11 is 0. The second-order valence-corrected chi connectivity index (χ2v) is 10.6. The second-order valence-electron chi connectivity index (χ2n) is 10.6. The SMILES string of the molecule is CCc1cccc(-c2cnc(C(=O)N(C)CCOCCNC(=O)OCc3ccccc3)c(NC(=O)OC(C)(C)C)c2)c1. The highest BCUT2D eigenvalue weighted by Crippen LogP contribution is 2.26. The number of anilines is 1. The molecule has 0 bridgehead atoms. The molecule has 0 aliphatic rings. The lowest BCUT2D eigenvalue weighted by atomic mass is 10.0. The van der Waals surface area contributed by atoms with Gasteiger partial charge in [-0.1, -0.05) is 61.5 Å². The minimum absolute atomic E-state index is 0.0848. The van der Waals surface area contributed by atoms with E-state index >= 15 is 0 Å². The van der Waals surface area contributed by atoms with Crippen molar-refractivity contribution in [1.29, 1.82) is 0 Å². The van der Waals surface area contributed by atoms with E-state index < -0.39 is 17.8 Å². The van der Waals surface area contributed by atoms with Crippen molar-refractivity contribution in [3.63, 3.8) is 0 Å². The Morgan fingerprint density at radius 1 is 0.905 bits per heavy atom. The lowest BCUT2D eigenvalue weighted by molar-refractivity contribution is 0.0635. The van der Waals surface area contributed by atoms with Gasteiger partial charge in [0.05, 0.1) is 18.9 Å². The fourth-order valence-electron chi connectivity index (χ4n) is 3.86. The van der Waals surface area contributed by atoms with Gasteiger partial charge < -0.3 is 24.4 Å². The quantitative estimate of drug-likeness (QED) is 0.267. The van der Waals surface area contributed by atoms with E-state index in [1.54, 1.807) is 40.1 Å². The number of hydrogen-bond acceptors (Lipinski definition) is 7. The number of carbonyl (C=O) groups excluding carboxylic acids is 3. The van der Waals surface area contributed by atoms with Gasteiger partial charge in [0.15, 0.2) is 5.69 Å². The molecule has 224 valence electrons. The van der Waals surface area contributed by atoms with Crippen molar-refractivity contribution < 1.29 is 28.6 Å². The molecule has 2 N–H and O–H groups in total. The average molecular weight is 577 g/mol. The summed E-state index contributed by atoms with van der Waals surface area (Å²) in [5.41, 5.74) is 3.36. The summed E-state index contributed by atoms with van der Waals surface area (Å²) in [6.07, 6.45) is 1.28. The lowest BCUT2D eigenvalue weighted by Gasteiger charge is -2.22. The lowest BCUT2D eigenvalue weighted by Crippen LogP contribution is -2.33. The molecule has 2 aromatic carbocycles. The van der Waals surface area contributed by atoms with Crippen LogP contribution in [0.2, 0.25) is 0 Å². The van der Waals surface area contributed by atoms with Crippen molar-refractivity contribution in [2.24, 2.45) is 0 Å². The molecule has 3 rings (SSSR count). The van der Waals surface area contributed by atoms with Gasteiger partial charge in [0.25, 0.3) is 5.91 Å². The predicted molar refractivity (Wildman–Crippen MR) is 161 cm³/mol. The summed E-state index contributed by atoms with van der Waals surface area (Å²) in [7, 11) is 1.63. The molecular weight excluding hydrogens is 536 g/mol. The monoisotopic (exact) mass is 576 g/mol. The maximum atomic E-state index is 13.3. The first-order chi connectivity index (χ1) is 20.1. The molecule has 0 aliphatic carbocycles. The van der Waals surface area contributed by atoms with Gasteiger partial charge in [-0.05, 0) is 49.9 Å². The highest BCUT2D eigenvalue weighted by atomic mass is 16.6. The van der Waals surface area contributed by atoms with Crippen molar-refractivity contribution in [3.05, 3.63) is 83.7 Å². The predicted octanol–water partition coefficient (Wildman–Crippen LogP) is 5.67. The molecule has 0 saturated heterocycles. The molecule has 0 saturated carbocycles. The molecule has 1 aromatic heterocycles. The molecule has 0 fully saturated rings. The van der Waals surface area contributed by atoms with E-state index in [1.807, 2.05) is 48.5 Å². The summed E-state index contributed by atoms with van der Waals surface area (Å²) in [6, 6.07) is 19.1. The van der Waals surface area contributed by atoms with Crippen LogP contribution in [0.15, 0.2) is 66.9 Å². The average Bonchev–Trinajstić information content (AvgIpc) is 2.96. The van der Waals surface area contributed by atoms with Crippen LogP contribution in [0, 0.1) is 0 Å². The van der Waals surface area contributed by atoms with E-state index in [1.165, 1.54) is 4.90 Å². The Kier molecular flexibility index (Phi) is 11.9. The maximum Gasteiger partial charge on any atom is 0.412 e. The van der Waals surface area contributed by atoms with Crippen LogP contribution in [0.5, 0.6) is 0 Å². The summed E-state index contributed by atoms with van der Waals surface area (Å²) in [4.78, 5) is 43.7. The Morgan fingerprint density at radius 2 is 1.64 bits per heavy atom. The number of aromatic nitrogens is 1. The van der Waals surface area contributed by atoms with Crippen molar-refractivity contribution in [3.8, 4) is 11.1 Å². The molecule has 10 heteroatoms. The van der Waals surface area contributed by atoms with Crippen LogP contribution in [0.4, 0.5) is 15.3 Å². The second kappa shape index (κ2) is 15.5. The third-order valence-electron chi connectivity index (χ3n) is 6.04. The number of likely N-dealkylation sites (N-methyl/N-ethyl adjacent to an activating group) is 1. The number of carbonyl (C=O) groups is 3. The van der Waals surface area contributed by atoms with Crippen LogP contribution in [-0.4, -0.2) is 66.9 Å². The zero-order chi connectivity index (χ0) is 30.5. The van der Waals surface area contributed by atoms with E-state index in [9.17, 15) is 14.4 Å². The zero-order valence-corrected chi connectivity index (χ0v) is 24.9. The van der Waals surface area contributed by atoms with Crippen LogP contribution in [0.1, 0.15) is 49.3 Å². The van der Waals surface area contributed by atoms with Gasteiger partial charge >= 0.3 is 12.2 Å². The molecule has 1 heterocycles. The van der Waals surface area contributed by atoms with E-state index in [0.29, 0.717) is 0 Å². The van der Waals surface area contributed by atoms with E-state index in [0.717, 1.165) is 28.7 Å². The molecule has 3 amide bonds. The van der Waals surface area contributed by atoms with Crippen LogP contribution in [-0.2, 0) is 27.2 Å². The fourth-order valence-corrected chi connectivity index (χ4v) is 3.86. The van der Waals surface area contributed by atoms with Crippen molar-refractivity contribution in [1.82, 2.24) is 15.2 Å². The third-order valence-corrected chi connectivity index (χ3v) is 6.04. The van der Waals surface area contributed by atoms with Crippen LogP contribution >= 0.6 is 0 Å². The van der Waals surface area contributed by atoms with Gasteiger partial charge in [0.2, 0.25) is 0 Å². The normalized spacial score (nSPS) is 11.0. The van der Waals surface area contributed by atoms with Crippen molar-refractivity contribution >= 4 is 23.8 Å². The number of nitrogens with zero attached hydrogens (tertiary/aromatic N) is 2. The molecule has 0 unspecified atom stereocenters. The molecule has 3 aromatic rings. The van der Waals surface area contributed by atoms with Gasteiger partial charge in [-0.2, -0.15) is 0 Å². The first kappa shape index (κ1) is 32.1. The number of hydrogen-bond donors (Lipinski definition) is 2. The minimum atomic E-state index is -0.712. The smallest absolute Gasteiger partial charge is 0.412 e. The molecule has 42 heavy (non-hydrogen) atoms. The van der Waals surface area contributed by atoms with Gasteiger partial charge in [0, 0.05) is 31.9 Å². The Labute approximate surface area is 247 Å². The third kappa shape index (κ3) is 10.5. The van der Waals surface area contributed by atoms with Crippen molar-refractivity contribution in [2.75, 3.05) is 38.7 Å². The molecular formula is C32H40N4O6. The zero-order valence-electron chi connectivity index (χ0n) is 24.9. The van der Waals surface area contributed by atoms with E-state index in [-0.39, 0.29) is 50.2 Å². The fraction of sp³-hybridized carbons (Fsp3) is 0.375. The maximum absolute atomic E-state index is 13.3. The van der Waals surface area contributed by atoms with Crippen molar-refractivity contribution in [2.45, 2.75) is 46.3 Å². The molecule has 0 radical (unpaired) electrons. The summed E-state index contributed by atoms with van der Waals surface area (Å²) in [5, 5.41) is 5.33. The highest BCUT2D eigenvalue weighted by Gasteiger charge is 2.22. The van der Waals surface area contributed by atoms with E-state index in [2.05, 4.69) is 28.6 Å². The first-order valence-electron chi connectivity index (χ1n) is 13.9. The molecule has 10 nitrogen and oxygen atoms in total. The summed E-state index contributed by atoms with van der Waals surface area (Å²) < 4.78 is 16.2. The molecule has 0 aliphatic heterocycles.